The summed E-state index contributed by atoms with van der Waals surface area (Å²) >= 11 is 0. The molecule has 0 spiro atoms. The Bertz CT molecular complexity index is 917. The number of ether oxygens (including phenoxy) is 3. The van der Waals surface area contributed by atoms with Gasteiger partial charge in [-0.1, -0.05) is 50.2 Å². The van der Waals surface area contributed by atoms with Gasteiger partial charge in [0.2, 0.25) is 11.8 Å². The third-order valence-electron chi connectivity index (χ3n) is 5.63. The van der Waals surface area contributed by atoms with Crippen molar-refractivity contribution in [1.29, 1.82) is 0 Å². The van der Waals surface area contributed by atoms with Crippen molar-refractivity contribution in [3.05, 3.63) is 72.1 Å². The molecule has 0 aliphatic heterocycles. The summed E-state index contributed by atoms with van der Waals surface area (Å²) in [6.45, 7) is 4.37. The van der Waals surface area contributed by atoms with E-state index >= 15 is 0 Å². The molecule has 1 N–H and O–H groups in total. The molecular formula is C27H37N3O5. The summed E-state index contributed by atoms with van der Waals surface area (Å²) in [5.74, 6) is -0.639. The number of hydrogen-bond donors (Lipinski definition) is 1. The minimum absolute atomic E-state index is 0.132. The number of rotatable bonds is 14. The Morgan fingerprint density at radius 3 is 2.31 bits per heavy atom. The maximum absolute atomic E-state index is 13.4. The van der Waals surface area contributed by atoms with Gasteiger partial charge in [-0.3, -0.25) is 14.6 Å². The lowest BCUT2D eigenvalue weighted by Gasteiger charge is -2.33. The second-order valence-corrected chi connectivity index (χ2v) is 8.50. The van der Waals surface area contributed by atoms with Crippen LogP contribution in [-0.2, 0) is 30.3 Å². The molecule has 8 nitrogen and oxygen atoms in total. The molecule has 8 heteroatoms. The molecular weight excluding hydrogens is 446 g/mol. The summed E-state index contributed by atoms with van der Waals surface area (Å²) in [6, 6.07) is 12.6. The van der Waals surface area contributed by atoms with Crippen LogP contribution in [0.2, 0.25) is 0 Å². The van der Waals surface area contributed by atoms with Crippen LogP contribution in [0.4, 0.5) is 0 Å². The van der Waals surface area contributed by atoms with Gasteiger partial charge in [0, 0.05) is 59.3 Å². The maximum atomic E-state index is 13.4. The summed E-state index contributed by atoms with van der Waals surface area (Å²) in [4.78, 5) is 32.5. The lowest BCUT2D eigenvalue weighted by Crippen LogP contribution is -2.52. The van der Waals surface area contributed by atoms with Crippen LogP contribution in [0.5, 0.6) is 0 Å². The van der Waals surface area contributed by atoms with Crippen molar-refractivity contribution in [2.45, 2.75) is 45.2 Å². The number of hydrogen-bond acceptors (Lipinski definition) is 6. The van der Waals surface area contributed by atoms with Gasteiger partial charge in [-0.25, -0.2) is 0 Å². The Labute approximate surface area is 208 Å². The van der Waals surface area contributed by atoms with Crippen molar-refractivity contribution in [3.8, 4) is 0 Å². The Morgan fingerprint density at radius 2 is 1.74 bits per heavy atom. The average molecular weight is 484 g/mol. The van der Waals surface area contributed by atoms with Gasteiger partial charge in [-0.2, -0.15) is 0 Å². The Kier molecular flexibility index (Phi) is 12.1. The molecule has 2 amide bonds. The van der Waals surface area contributed by atoms with Crippen molar-refractivity contribution in [3.63, 3.8) is 0 Å². The van der Waals surface area contributed by atoms with Crippen molar-refractivity contribution >= 4 is 17.9 Å². The molecule has 2 atom stereocenters. The summed E-state index contributed by atoms with van der Waals surface area (Å²) in [7, 11) is 4.68. The van der Waals surface area contributed by atoms with Gasteiger partial charge in [0.1, 0.15) is 6.04 Å². The topological polar surface area (TPSA) is 90.0 Å². The Morgan fingerprint density at radius 1 is 1.03 bits per heavy atom. The van der Waals surface area contributed by atoms with E-state index in [9.17, 15) is 9.59 Å². The van der Waals surface area contributed by atoms with Crippen molar-refractivity contribution < 1.29 is 23.8 Å². The molecule has 2 unspecified atom stereocenters. The third-order valence-corrected chi connectivity index (χ3v) is 5.63. The molecule has 190 valence electrons. The Balaban J connectivity index is 2.23. The summed E-state index contributed by atoms with van der Waals surface area (Å²) < 4.78 is 16.0. The molecule has 0 fully saturated rings. The van der Waals surface area contributed by atoms with Crippen molar-refractivity contribution in [1.82, 2.24) is 15.2 Å². The molecule has 0 saturated heterocycles. The van der Waals surface area contributed by atoms with E-state index in [1.165, 1.54) is 6.08 Å². The predicted molar refractivity (Wildman–Crippen MR) is 135 cm³/mol. The van der Waals surface area contributed by atoms with Crippen LogP contribution in [0.3, 0.4) is 0 Å². The molecule has 0 aliphatic carbocycles. The van der Waals surface area contributed by atoms with Gasteiger partial charge in [0.05, 0.1) is 6.10 Å². The van der Waals surface area contributed by atoms with Crippen LogP contribution in [0, 0.1) is 5.92 Å². The third kappa shape index (κ3) is 9.24. The van der Waals surface area contributed by atoms with E-state index in [4.69, 9.17) is 14.2 Å². The van der Waals surface area contributed by atoms with E-state index in [1.807, 2.05) is 56.3 Å². The van der Waals surface area contributed by atoms with E-state index in [1.54, 1.807) is 44.7 Å². The predicted octanol–water partition coefficient (Wildman–Crippen LogP) is 3.29. The highest BCUT2D eigenvalue weighted by Gasteiger charge is 2.32. The zero-order chi connectivity index (χ0) is 25.6. The lowest BCUT2D eigenvalue weighted by molar-refractivity contribution is -0.140. The molecule has 1 aromatic heterocycles. The van der Waals surface area contributed by atoms with E-state index in [0.717, 1.165) is 11.1 Å². The van der Waals surface area contributed by atoms with Crippen LogP contribution >= 0.6 is 0 Å². The van der Waals surface area contributed by atoms with Gasteiger partial charge >= 0.3 is 0 Å². The van der Waals surface area contributed by atoms with Crippen LogP contribution < -0.4 is 5.32 Å². The Hall–Kier alpha value is -3.07. The molecule has 0 radical (unpaired) electrons. The molecule has 0 aliphatic rings. The van der Waals surface area contributed by atoms with Crippen molar-refractivity contribution in [2.24, 2.45) is 5.92 Å². The molecule has 2 aromatic rings. The van der Waals surface area contributed by atoms with Gasteiger partial charge in [0.25, 0.3) is 0 Å². The molecule has 0 saturated carbocycles. The van der Waals surface area contributed by atoms with Crippen LogP contribution in [0.25, 0.3) is 6.08 Å². The van der Waals surface area contributed by atoms with Crippen LogP contribution in [-0.4, -0.2) is 68.0 Å². The molecule has 1 aromatic carbocycles. The highest BCUT2D eigenvalue weighted by atomic mass is 16.7. The van der Waals surface area contributed by atoms with Crippen LogP contribution in [0.1, 0.15) is 31.4 Å². The number of carbonyl (C=O) groups is 2. The monoisotopic (exact) mass is 483 g/mol. The van der Waals surface area contributed by atoms with E-state index in [-0.39, 0.29) is 36.9 Å². The van der Waals surface area contributed by atoms with Gasteiger partial charge in [-0.05, 0) is 29.2 Å². The second kappa shape index (κ2) is 15.0. The van der Waals surface area contributed by atoms with E-state index in [2.05, 4.69) is 10.3 Å². The summed E-state index contributed by atoms with van der Waals surface area (Å²) in [5.41, 5.74) is 1.74. The molecule has 0 bridgehead atoms. The number of aromatic nitrogens is 1. The number of benzene rings is 1. The van der Waals surface area contributed by atoms with E-state index in [0.29, 0.717) is 6.42 Å². The van der Waals surface area contributed by atoms with Gasteiger partial charge < -0.3 is 24.4 Å². The minimum Gasteiger partial charge on any atom is -0.379 e. The smallest absolute Gasteiger partial charge is 0.247 e. The van der Waals surface area contributed by atoms with Crippen molar-refractivity contribution in [2.75, 3.05) is 27.9 Å². The lowest BCUT2D eigenvalue weighted by atomic mass is 10.00. The zero-order valence-corrected chi connectivity index (χ0v) is 21.2. The normalized spacial score (nSPS) is 13.2. The minimum atomic E-state index is -0.693. The summed E-state index contributed by atoms with van der Waals surface area (Å²) in [5, 5.41) is 2.95. The maximum Gasteiger partial charge on any atom is 0.247 e. The summed E-state index contributed by atoms with van der Waals surface area (Å²) in [6.07, 6.45) is 6.34. The number of nitrogens with zero attached hydrogens (tertiary/aromatic N) is 2. The highest BCUT2D eigenvalue weighted by Crippen LogP contribution is 2.17. The first-order valence-electron chi connectivity index (χ1n) is 11.7. The number of pyridine rings is 1. The largest absolute Gasteiger partial charge is 0.379 e. The van der Waals surface area contributed by atoms with Gasteiger partial charge in [0.15, 0.2) is 6.29 Å². The molecule has 35 heavy (non-hydrogen) atoms. The van der Waals surface area contributed by atoms with Gasteiger partial charge in [-0.15, -0.1) is 0 Å². The quantitative estimate of drug-likeness (QED) is 0.328. The number of nitrogens with one attached hydrogen (secondary N) is 1. The standard InChI is InChI=1S/C27H37N3O5/c1-20(2)26(27(32)29-18-23(33-3)16-25(34-4)35-5)30(19-22-12-9-15-28-17-22)24(31)14-13-21-10-7-6-8-11-21/h6-15,17,20,23,25-26H,16,18-19H2,1-5H3,(H,29,32)/b14-13+. The zero-order valence-electron chi connectivity index (χ0n) is 21.2. The average Bonchev–Trinajstić information content (AvgIpc) is 2.88. The highest BCUT2D eigenvalue weighted by molar-refractivity contribution is 5.95. The molecule has 1 heterocycles. The van der Waals surface area contributed by atoms with Crippen LogP contribution in [0.15, 0.2) is 60.9 Å². The fourth-order valence-electron chi connectivity index (χ4n) is 3.72. The fourth-order valence-corrected chi connectivity index (χ4v) is 3.72. The SMILES string of the molecule is COC(CNC(=O)C(C(C)C)N(Cc1cccnc1)C(=O)/C=C/c1ccccc1)CC(OC)OC. The number of carbonyl (C=O) groups excluding carboxylic acids is 2. The first-order valence-corrected chi connectivity index (χ1v) is 11.7. The first kappa shape index (κ1) is 28.2. The van der Waals surface area contributed by atoms with E-state index < -0.39 is 12.3 Å². The number of amides is 2. The molecule has 2 rings (SSSR count). The second-order valence-electron chi connectivity index (χ2n) is 8.50. The first-order chi connectivity index (χ1) is 16.9. The number of methoxy groups -OCH3 is 3. The fraction of sp³-hybridized carbons (Fsp3) is 0.444.